The number of aromatic hydroxyl groups is 2. The van der Waals surface area contributed by atoms with E-state index < -0.39 is 0 Å². The van der Waals surface area contributed by atoms with E-state index in [9.17, 15) is 15.0 Å². The number of phenols is 2. The maximum atomic E-state index is 12.5. The molecular weight excluding hydrogens is 280 g/mol. The predicted octanol–water partition coefficient (Wildman–Crippen LogP) is 3.49. The van der Waals surface area contributed by atoms with Gasteiger partial charge in [-0.05, 0) is 12.1 Å². The molecule has 0 aromatic heterocycles. The highest BCUT2D eigenvalue weighted by atomic mass is 16.5. The molecule has 0 aliphatic rings. The van der Waals surface area contributed by atoms with Crippen molar-refractivity contribution < 1.29 is 19.7 Å². The van der Waals surface area contributed by atoms with Crippen molar-refractivity contribution in [2.45, 2.75) is 0 Å². The molecule has 3 rings (SSSR count). The number of ketones is 1. The molecule has 0 fully saturated rings. The first-order valence-electron chi connectivity index (χ1n) is 6.75. The molecule has 22 heavy (non-hydrogen) atoms. The van der Waals surface area contributed by atoms with Gasteiger partial charge >= 0.3 is 0 Å². The van der Waals surface area contributed by atoms with Gasteiger partial charge in [-0.3, -0.25) is 4.79 Å². The van der Waals surface area contributed by atoms with E-state index in [4.69, 9.17) is 4.74 Å². The Morgan fingerprint density at radius 1 is 1.00 bits per heavy atom. The van der Waals surface area contributed by atoms with Gasteiger partial charge in [-0.15, -0.1) is 0 Å². The summed E-state index contributed by atoms with van der Waals surface area (Å²) in [7, 11) is 1.48. The Labute approximate surface area is 127 Å². The van der Waals surface area contributed by atoms with Gasteiger partial charge in [-0.2, -0.15) is 0 Å². The van der Waals surface area contributed by atoms with Crippen molar-refractivity contribution in [2.75, 3.05) is 7.11 Å². The summed E-state index contributed by atoms with van der Waals surface area (Å²) in [5.74, 6) is -0.188. The summed E-state index contributed by atoms with van der Waals surface area (Å²) in [4.78, 5) is 12.5. The highest BCUT2D eigenvalue weighted by Gasteiger charge is 2.20. The SMILES string of the molecule is COc1cccc2c(O)c(C(=O)c3ccccc3)cc(O)c12. The second-order valence-corrected chi connectivity index (χ2v) is 4.87. The summed E-state index contributed by atoms with van der Waals surface area (Å²) in [5.41, 5.74) is 0.504. The van der Waals surface area contributed by atoms with Crippen LogP contribution in [0.2, 0.25) is 0 Å². The van der Waals surface area contributed by atoms with Crippen LogP contribution in [0.1, 0.15) is 15.9 Å². The van der Waals surface area contributed by atoms with Gasteiger partial charge in [0, 0.05) is 10.9 Å². The first kappa shape index (κ1) is 13.9. The van der Waals surface area contributed by atoms with Crippen LogP contribution in [0.25, 0.3) is 10.8 Å². The molecule has 110 valence electrons. The average Bonchev–Trinajstić information content (AvgIpc) is 2.57. The monoisotopic (exact) mass is 294 g/mol. The van der Waals surface area contributed by atoms with Crippen LogP contribution in [0.3, 0.4) is 0 Å². The number of hydrogen-bond donors (Lipinski definition) is 2. The van der Waals surface area contributed by atoms with Crippen LogP contribution in [0.15, 0.2) is 54.6 Å². The van der Waals surface area contributed by atoms with Crippen LogP contribution in [-0.4, -0.2) is 23.1 Å². The van der Waals surface area contributed by atoms with Crippen molar-refractivity contribution in [2.24, 2.45) is 0 Å². The lowest BCUT2D eigenvalue weighted by atomic mass is 9.97. The van der Waals surface area contributed by atoms with Gasteiger partial charge in [0.1, 0.15) is 17.2 Å². The molecule has 0 unspecified atom stereocenters. The number of methoxy groups -OCH3 is 1. The van der Waals surface area contributed by atoms with Crippen LogP contribution < -0.4 is 4.74 Å². The maximum Gasteiger partial charge on any atom is 0.196 e. The van der Waals surface area contributed by atoms with E-state index in [1.807, 2.05) is 0 Å². The van der Waals surface area contributed by atoms with Gasteiger partial charge in [-0.1, -0.05) is 42.5 Å². The molecule has 3 aromatic carbocycles. The third-order valence-electron chi connectivity index (χ3n) is 3.57. The molecule has 0 heterocycles. The predicted molar refractivity (Wildman–Crippen MR) is 83.7 cm³/mol. The molecule has 0 bridgehead atoms. The highest BCUT2D eigenvalue weighted by Crippen LogP contribution is 2.41. The molecule has 3 aromatic rings. The molecule has 0 atom stereocenters. The molecule has 4 heteroatoms. The largest absolute Gasteiger partial charge is 0.507 e. The van der Waals surface area contributed by atoms with Crippen LogP contribution >= 0.6 is 0 Å². The molecule has 0 amide bonds. The number of ether oxygens (including phenoxy) is 1. The van der Waals surface area contributed by atoms with Crippen LogP contribution in [0, 0.1) is 0 Å². The Bertz CT molecular complexity index is 854. The second kappa shape index (κ2) is 5.41. The lowest BCUT2D eigenvalue weighted by molar-refractivity contribution is 0.103. The van der Waals surface area contributed by atoms with Gasteiger partial charge in [0.2, 0.25) is 0 Å². The molecule has 0 spiro atoms. The number of carbonyl (C=O) groups is 1. The first-order chi connectivity index (χ1) is 10.6. The minimum Gasteiger partial charge on any atom is -0.507 e. The van der Waals surface area contributed by atoms with Crippen LogP contribution in [-0.2, 0) is 0 Å². The van der Waals surface area contributed by atoms with E-state index in [2.05, 4.69) is 0 Å². The fourth-order valence-corrected chi connectivity index (χ4v) is 2.50. The summed E-state index contributed by atoms with van der Waals surface area (Å²) < 4.78 is 5.19. The smallest absolute Gasteiger partial charge is 0.196 e. The second-order valence-electron chi connectivity index (χ2n) is 4.87. The minimum absolute atomic E-state index is 0.0597. The van der Waals surface area contributed by atoms with E-state index in [1.165, 1.54) is 13.2 Å². The Hall–Kier alpha value is -3.01. The average molecular weight is 294 g/mol. The number of benzene rings is 3. The Balaban J connectivity index is 2.25. The van der Waals surface area contributed by atoms with Gasteiger partial charge in [0.05, 0.1) is 18.1 Å². The number of carbonyl (C=O) groups excluding carboxylic acids is 1. The molecule has 2 N–H and O–H groups in total. The van der Waals surface area contributed by atoms with E-state index in [0.717, 1.165) is 0 Å². The van der Waals surface area contributed by atoms with Crippen LogP contribution in [0.4, 0.5) is 0 Å². The van der Waals surface area contributed by atoms with Crippen molar-refractivity contribution >= 4 is 16.6 Å². The number of rotatable bonds is 3. The van der Waals surface area contributed by atoms with Crippen molar-refractivity contribution in [1.82, 2.24) is 0 Å². The zero-order valence-electron chi connectivity index (χ0n) is 11.9. The molecule has 4 nitrogen and oxygen atoms in total. The quantitative estimate of drug-likeness (QED) is 0.573. The summed E-state index contributed by atoms with van der Waals surface area (Å²) in [5, 5.41) is 21.4. The number of fused-ring (bicyclic) bond motifs is 1. The topological polar surface area (TPSA) is 66.8 Å². The summed E-state index contributed by atoms with van der Waals surface area (Å²) in [6.07, 6.45) is 0. The summed E-state index contributed by atoms with van der Waals surface area (Å²) in [6.45, 7) is 0. The van der Waals surface area contributed by atoms with Gasteiger partial charge < -0.3 is 14.9 Å². The normalized spacial score (nSPS) is 10.6. The summed E-state index contributed by atoms with van der Waals surface area (Å²) in [6, 6.07) is 14.9. The zero-order chi connectivity index (χ0) is 15.7. The molecule has 0 saturated heterocycles. The van der Waals surface area contributed by atoms with Gasteiger partial charge in [0.25, 0.3) is 0 Å². The Morgan fingerprint density at radius 2 is 1.73 bits per heavy atom. The Kier molecular flexibility index (Phi) is 3.43. The van der Waals surface area contributed by atoms with Crippen molar-refractivity contribution in [3.05, 3.63) is 65.7 Å². The Morgan fingerprint density at radius 3 is 2.41 bits per heavy atom. The van der Waals surface area contributed by atoms with E-state index in [-0.39, 0.29) is 22.8 Å². The third-order valence-corrected chi connectivity index (χ3v) is 3.57. The standard InChI is InChI=1S/C18H14O4/c1-22-15-9-5-8-12-16(15)14(19)10-13(18(12)21)17(20)11-6-3-2-4-7-11/h2-10,19,21H,1H3. The number of hydrogen-bond acceptors (Lipinski definition) is 4. The minimum atomic E-state index is -0.349. The lowest BCUT2D eigenvalue weighted by Gasteiger charge is -2.12. The van der Waals surface area contributed by atoms with Crippen molar-refractivity contribution in [3.63, 3.8) is 0 Å². The third kappa shape index (κ3) is 2.15. The van der Waals surface area contributed by atoms with Gasteiger partial charge in [0.15, 0.2) is 5.78 Å². The molecule has 0 aliphatic carbocycles. The van der Waals surface area contributed by atoms with Crippen molar-refractivity contribution in [1.29, 1.82) is 0 Å². The van der Waals surface area contributed by atoms with Crippen molar-refractivity contribution in [3.8, 4) is 17.2 Å². The van der Waals surface area contributed by atoms with Gasteiger partial charge in [-0.25, -0.2) is 0 Å². The van der Waals surface area contributed by atoms with E-state index >= 15 is 0 Å². The first-order valence-corrected chi connectivity index (χ1v) is 6.75. The molecule has 0 aliphatic heterocycles. The zero-order valence-corrected chi connectivity index (χ0v) is 11.9. The fraction of sp³-hybridized carbons (Fsp3) is 0.0556. The van der Waals surface area contributed by atoms with Crippen LogP contribution in [0.5, 0.6) is 17.2 Å². The summed E-state index contributed by atoms with van der Waals surface area (Å²) >= 11 is 0. The maximum absolute atomic E-state index is 12.5. The number of phenolic OH excluding ortho intramolecular Hbond substituents is 2. The fourth-order valence-electron chi connectivity index (χ4n) is 2.50. The molecular formula is C18H14O4. The molecule has 0 saturated carbocycles. The van der Waals surface area contributed by atoms with E-state index in [0.29, 0.717) is 22.1 Å². The molecule has 0 radical (unpaired) electrons. The lowest BCUT2D eigenvalue weighted by Crippen LogP contribution is -2.02. The van der Waals surface area contributed by atoms with E-state index in [1.54, 1.807) is 48.5 Å². The highest BCUT2D eigenvalue weighted by molar-refractivity contribution is 6.15.